The second-order valence-corrected chi connectivity index (χ2v) is 7.85. The van der Waals surface area contributed by atoms with Crippen molar-refractivity contribution in [2.75, 3.05) is 7.11 Å². The first-order valence-electron chi connectivity index (χ1n) is 10.4. The van der Waals surface area contributed by atoms with Gasteiger partial charge in [-0.25, -0.2) is 4.98 Å². The molecule has 1 aliphatic rings. The van der Waals surface area contributed by atoms with E-state index in [0.29, 0.717) is 11.6 Å². The predicted molar refractivity (Wildman–Crippen MR) is 114 cm³/mol. The Kier molecular flexibility index (Phi) is 5.79. The highest BCUT2D eigenvalue weighted by Gasteiger charge is 2.41. The minimum Gasteiger partial charge on any atom is -0.497 e. The van der Waals surface area contributed by atoms with Gasteiger partial charge in [-0.1, -0.05) is 31.4 Å². The molecule has 0 spiro atoms. The third kappa shape index (κ3) is 3.92. The van der Waals surface area contributed by atoms with Gasteiger partial charge in [0, 0.05) is 18.0 Å². The molecule has 1 fully saturated rings. The lowest BCUT2D eigenvalue weighted by Crippen LogP contribution is -2.46. The van der Waals surface area contributed by atoms with Crippen LogP contribution in [-0.4, -0.2) is 33.2 Å². The van der Waals surface area contributed by atoms with Crippen molar-refractivity contribution in [3.8, 4) is 17.1 Å². The lowest BCUT2D eigenvalue weighted by molar-refractivity contribution is -0.128. The number of H-pyrrole nitrogens is 1. The van der Waals surface area contributed by atoms with E-state index in [1.807, 2.05) is 43.3 Å². The summed E-state index contributed by atoms with van der Waals surface area (Å²) < 4.78 is 5.29. The van der Waals surface area contributed by atoms with Crippen molar-refractivity contribution in [3.05, 3.63) is 60.2 Å². The van der Waals surface area contributed by atoms with Crippen LogP contribution in [0.5, 0.6) is 5.75 Å². The molecule has 1 amide bonds. The van der Waals surface area contributed by atoms with E-state index in [1.165, 1.54) is 0 Å². The van der Waals surface area contributed by atoms with Crippen molar-refractivity contribution in [3.63, 3.8) is 0 Å². The SMILES string of the molecule is COc1ccc(C2(C(=O)NC(C)c3nc(-c4cccnc4)n[nH]3)CCCCC2)cc1. The number of benzene rings is 1. The maximum atomic E-state index is 13.5. The van der Waals surface area contributed by atoms with Gasteiger partial charge in [0.1, 0.15) is 11.6 Å². The van der Waals surface area contributed by atoms with Crippen LogP contribution in [0.2, 0.25) is 0 Å². The first kappa shape index (κ1) is 20.1. The Hall–Kier alpha value is -3.22. The van der Waals surface area contributed by atoms with Gasteiger partial charge < -0.3 is 10.1 Å². The molecule has 7 heteroatoms. The van der Waals surface area contributed by atoms with Crippen LogP contribution >= 0.6 is 0 Å². The standard InChI is InChI=1S/C23H27N5O2/c1-16(20-26-21(28-27-20)17-7-6-14-24-15-17)25-22(29)23(12-4-3-5-13-23)18-8-10-19(30-2)11-9-18/h6-11,14-16H,3-5,12-13H2,1-2H3,(H,25,29)(H,26,27,28). The lowest BCUT2D eigenvalue weighted by atomic mass is 9.68. The van der Waals surface area contributed by atoms with E-state index in [2.05, 4.69) is 25.5 Å². The molecule has 30 heavy (non-hydrogen) atoms. The first-order valence-corrected chi connectivity index (χ1v) is 10.4. The number of nitrogens with one attached hydrogen (secondary N) is 2. The summed E-state index contributed by atoms with van der Waals surface area (Å²) >= 11 is 0. The van der Waals surface area contributed by atoms with Crippen LogP contribution < -0.4 is 10.1 Å². The quantitative estimate of drug-likeness (QED) is 0.648. The number of amides is 1. The molecule has 1 unspecified atom stereocenters. The Labute approximate surface area is 176 Å². The molecule has 1 aromatic carbocycles. The number of aromatic amines is 1. The van der Waals surface area contributed by atoms with Crippen molar-refractivity contribution < 1.29 is 9.53 Å². The molecule has 0 aliphatic heterocycles. The molecule has 0 saturated heterocycles. The first-order chi connectivity index (χ1) is 14.6. The number of ether oxygens (including phenoxy) is 1. The summed E-state index contributed by atoms with van der Waals surface area (Å²) in [5, 5.41) is 10.4. The smallest absolute Gasteiger partial charge is 0.231 e. The van der Waals surface area contributed by atoms with Gasteiger partial charge in [-0.3, -0.25) is 14.9 Å². The van der Waals surface area contributed by atoms with Gasteiger partial charge in [0.25, 0.3) is 0 Å². The topological polar surface area (TPSA) is 92.8 Å². The van der Waals surface area contributed by atoms with Crippen molar-refractivity contribution in [2.45, 2.75) is 50.5 Å². The van der Waals surface area contributed by atoms with Crippen LogP contribution in [0.3, 0.4) is 0 Å². The minimum atomic E-state index is -0.523. The number of pyridine rings is 1. The van der Waals surface area contributed by atoms with Gasteiger partial charge in [0.2, 0.25) is 5.91 Å². The average Bonchev–Trinajstić information content (AvgIpc) is 3.31. The number of carbonyl (C=O) groups excluding carboxylic acids is 1. The van der Waals surface area contributed by atoms with E-state index in [9.17, 15) is 4.79 Å². The van der Waals surface area contributed by atoms with Crippen LogP contribution in [0.4, 0.5) is 0 Å². The van der Waals surface area contributed by atoms with Crippen LogP contribution in [0.1, 0.15) is 56.5 Å². The van der Waals surface area contributed by atoms with E-state index in [4.69, 9.17) is 4.74 Å². The van der Waals surface area contributed by atoms with Crippen LogP contribution in [0.15, 0.2) is 48.8 Å². The summed E-state index contributed by atoms with van der Waals surface area (Å²) in [5.74, 6) is 2.03. The monoisotopic (exact) mass is 405 g/mol. The second kappa shape index (κ2) is 8.65. The summed E-state index contributed by atoms with van der Waals surface area (Å²) in [6, 6.07) is 11.4. The van der Waals surface area contributed by atoms with E-state index in [0.717, 1.165) is 49.0 Å². The third-order valence-corrected chi connectivity index (χ3v) is 5.96. The molecule has 1 aliphatic carbocycles. The number of aromatic nitrogens is 4. The van der Waals surface area contributed by atoms with Gasteiger partial charge in [0.15, 0.2) is 5.82 Å². The van der Waals surface area contributed by atoms with Gasteiger partial charge in [0.05, 0.1) is 18.6 Å². The molecule has 156 valence electrons. The highest BCUT2D eigenvalue weighted by molar-refractivity contribution is 5.88. The minimum absolute atomic E-state index is 0.0409. The normalized spacial score (nSPS) is 16.6. The fourth-order valence-electron chi connectivity index (χ4n) is 4.21. The maximum Gasteiger partial charge on any atom is 0.231 e. The van der Waals surface area contributed by atoms with Crippen LogP contribution in [-0.2, 0) is 10.2 Å². The van der Waals surface area contributed by atoms with Crippen molar-refractivity contribution in [1.82, 2.24) is 25.5 Å². The second-order valence-electron chi connectivity index (χ2n) is 7.85. The number of carbonyl (C=O) groups is 1. The van der Waals surface area contributed by atoms with Gasteiger partial charge in [-0.2, -0.15) is 5.10 Å². The van der Waals surface area contributed by atoms with Crippen LogP contribution in [0.25, 0.3) is 11.4 Å². The van der Waals surface area contributed by atoms with Crippen molar-refractivity contribution >= 4 is 5.91 Å². The zero-order valence-electron chi connectivity index (χ0n) is 17.4. The molecule has 7 nitrogen and oxygen atoms in total. The molecular formula is C23H27N5O2. The maximum absolute atomic E-state index is 13.5. The molecule has 1 saturated carbocycles. The molecule has 0 radical (unpaired) electrons. The summed E-state index contributed by atoms with van der Waals surface area (Å²) in [4.78, 5) is 22.2. The zero-order valence-corrected chi connectivity index (χ0v) is 17.4. The Morgan fingerprint density at radius 1 is 1.17 bits per heavy atom. The predicted octanol–water partition coefficient (Wildman–Crippen LogP) is 3.95. The molecule has 1 atom stereocenters. The number of methoxy groups -OCH3 is 1. The Morgan fingerprint density at radius 2 is 1.93 bits per heavy atom. The Morgan fingerprint density at radius 3 is 2.60 bits per heavy atom. The molecular weight excluding hydrogens is 378 g/mol. The van der Waals surface area contributed by atoms with Gasteiger partial charge in [-0.15, -0.1) is 0 Å². The largest absolute Gasteiger partial charge is 0.497 e. The van der Waals surface area contributed by atoms with E-state index in [-0.39, 0.29) is 11.9 Å². The van der Waals surface area contributed by atoms with E-state index < -0.39 is 5.41 Å². The average molecular weight is 406 g/mol. The molecule has 2 N–H and O–H groups in total. The van der Waals surface area contributed by atoms with Gasteiger partial charge >= 0.3 is 0 Å². The van der Waals surface area contributed by atoms with Crippen molar-refractivity contribution in [2.24, 2.45) is 0 Å². The molecule has 4 rings (SSSR count). The van der Waals surface area contributed by atoms with Crippen LogP contribution in [0, 0.1) is 0 Å². The highest BCUT2D eigenvalue weighted by Crippen LogP contribution is 2.40. The summed E-state index contributed by atoms with van der Waals surface area (Å²) in [5.41, 5.74) is 1.35. The number of hydrogen-bond donors (Lipinski definition) is 2. The van der Waals surface area contributed by atoms with E-state index in [1.54, 1.807) is 19.5 Å². The summed E-state index contributed by atoms with van der Waals surface area (Å²) in [6.45, 7) is 1.93. The number of nitrogens with zero attached hydrogens (tertiary/aromatic N) is 3. The summed E-state index contributed by atoms with van der Waals surface area (Å²) in [7, 11) is 1.65. The fourth-order valence-corrected chi connectivity index (χ4v) is 4.21. The highest BCUT2D eigenvalue weighted by atomic mass is 16.5. The fraction of sp³-hybridized carbons (Fsp3) is 0.391. The third-order valence-electron chi connectivity index (χ3n) is 5.96. The van der Waals surface area contributed by atoms with E-state index >= 15 is 0 Å². The molecule has 0 bridgehead atoms. The molecule has 2 heterocycles. The molecule has 2 aromatic heterocycles. The Balaban J connectivity index is 1.54. The molecule has 3 aromatic rings. The number of hydrogen-bond acceptors (Lipinski definition) is 5. The number of rotatable bonds is 6. The summed E-state index contributed by atoms with van der Waals surface area (Å²) in [6.07, 6.45) is 8.37. The Bertz CT molecular complexity index is 978. The zero-order chi connectivity index (χ0) is 21.0. The van der Waals surface area contributed by atoms with Crippen molar-refractivity contribution in [1.29, 1.82) is 0 Å². The lowest BCUT2D eigenvalue weighted by Gasteiger charge is -2.37. The van der Waals surface area contributed by atoms with Gasteiger partial charge in [-0.05, 0) is 49.6 Å².